The van der Waals surface area contributed by atoms with Gasteiger partial charge in [0.05, 0.1) is 6.54 Å². The Balaban J connectivity index is 1.87. The number of aromatic nitrogens is 4. The highest BCUT2D eigenvalue weighted by atomic mass is 15.5. The summed E-state index contributed by atoms with van der Waals surface area (Å²) in [4.78, 5) is 0. The number of hydrogen-bond donors (Lipinski definition) is 1. The van der Waals surface area contributed by atoms with Gasteiger partial charge in [-0.3, -0.25) is 0 Å². The fourth-order valence-electron chi connectivity index (χ4n) is 3.12. The molecule has 3 rings (SSSR count). The molecular weight excluding hydrogens is 250 g/mol. The number of nitrogens with zero attached hydrogens (tertiary/aromatic N) is 4. The molecular formula is C15H21N5. The average molecular weight is 271 g/mol. The first kappa shape index (κ1) is 13.1. The van der Waals surface area contributed by atoms with E-state index in [4.69, 9.17) is 5.73 Å². The molecule has 0 radical (unpaired) electrons. The van der Waals surface area contributed by atoms with Gasteiger partial charge in [-0.15, -0.1) is 5.10 Å². The fourth-order valence-corrected chi connectivity index (χ4v) is 3.12. The van der Waals surface area contributed by atoms with Crippen molar-refractivity contribution in [3.8, 4) is 11.4 Å². The predicted octanol–water partition coefficient (Wildman–Crippen LogP) is 2.89. The molecule has 106 valence electrons. The van der Waals surface area contributed by atoms with Crippen LogP contribution in [0.5, 0.6) is 0 Å². The van der Waals surface area contributed by atoms with Crippen LogP contribution < -0.4 is 5.73 Å². The van der Waals surface area contributed by atoms with Crippen LogP contribution in [-0.2, 0) is 6.54 Å². The van der Waals surface area contributed by atoms with Crippen molar-refractivity contribution in [1.82, 2.24) is 20.2 Å². The zero-order valence-electron chi connectivity index (χ0n) is 11.9. The second-order valence-electron chi connectivity index (χ2n) is 6.16. The summed E-state index contributed by atoms with van der Waals surface area (Å²) in [6.07, 6.45) is 6.48. The molecule has 5 heteroatoms. The van der Waals surface area contributed by atoms with Gasteiger partial charge >= 0.3 is 0 Å². The first-order valence-corrected chi connectivity index (χ1v) is 7.28. The first-order valence-electron chi connectivity index (χ1n) is 7.28. The number of anilines is 1. The molecule has 20 heavy (non-hydrogen) atoms. The molecule has 1 aromatic heterocycles. The zero-order valence-corrected chi connectivity index (χ0v) is 11.9. The molecule has 0 atom stereocenters. The van der Waals surface area contributed by atoms with Crippen molar-refractivity contribution in [2.75, 3.05) is 5.73 Å². The molecule has 2 aromatic rings. The van der Waals surface area contributed by atoms with Crippen LogP contribution in [0.4, 0.5) is 5.69 Å². The third-order valence-electron chi connectivity index (χ3n) is 4.27. The van der Waals surface area contributed by atoms with Gasteiger partial charge in [-0.1, -0.05) is 38.3 Å². The number of rotatable bonds is 3. The van der Waals surface area contributed by atoms with E-state index in [0.29, 0.717) is 5.41 Å². The van der Waals surface area contributed by atoms with Crippen molar-refractivity contribution in [3.63, 3.8) is 0 Å². The van der Waals surface area contributed by atoms with Gasteiger partial charge in [0.25, 0.3) is 0 Å². The Bertz CT molecular complexity index is 583. The maximum atomic E-state index is 5.85. The highest BCUT2D eigenvalue weighted by Gasteiger charge is 2.28. The number of nitrogens with two attached hydrogens (primary N) is 1. The van der Waals surface area contributed by atoms with Gasteiger partial charge in [0.15, 0.2) is 5.82 Å². The minimum absolute atomic E-state index is 0.308. The topological polar surface area (TPSA) is 69.6 Å². The standard InChI is InChI=1S/C15H21N5/c1-15(8-3-2-4-9-15)11-20-14(17-18-19-20)12-6-5-7-13(16)10-12/h5-7,10H,2-4,8-9,11,16H2,1H3. The fraction of sp³-hybridized carbons (Fsp3) is 0.533. The van der Waals surface area contributed by atoms with Gasteiger partial charge in [-0.25, -0.2) is 4.68 Å². The smallest absolute Gasteiger partial charge is 0.182 e. The largest absolute Gasteiger partial charge is 0.399 e. The second kappa shape index (κ2) is 5.23. The Hall–Kier alpha value is -1.91. The molecule has 1 fully saturated rings. The number of nitrogen functional groups attached to an aromatic ring is 1. The van der Waals surface area contributed by atoms with E-state index in [2.05, 4.69) is 22.4 Å². The Labute approximate surface area is 119 Å². The Morgan fingerprint density at radius 2 is 2.05 bits per heavy atom. The monoisotopic (exact) mass is 271 g/mol. The second-order valence-corrected chi connectivity index (χ2v) is 6.16. The van der Waals surface area contributed by atoms with Crippen LogP contribution >= 0.6 is 0 Å². The van der Waals surface area contributed by atoms with Crippen LogP contribution in [0.25, 0.3) is 11.4 Å². The van der Waals surface area contributed by atoms with Crippen LogP contribution in [0.15, 0.2) is 24.3 Å². The maximum Gasteiger partial charge on any atom is 0.182 e. The number of hydrogen-bond acceptors (Lipinski definition) is 4. The third kappa shape index (κ3) is 2.66. The van der Waals surface area contributed by atoms with Crippen LogP contribution in [0.3, 0.4) is 0 Å². The minimum atomic E-state index is 0.308. The van der Waals surface area contributed by atoms with Crippen molar-refractivity contribution in [3.05, 3.63) is 24.3 Å². The van der Waals surface area contributed by atoms with Crippen molar-refractivity contribution in [2.45, 2.75) is 45.6 Å². The molecule has 1 saturated carbocycles. The van der Waals surface area contributed by atoms with E-state index in [-0.39, 0.29) is 0 Å². The lowest BCUT2D eigenvalue weighted by Crippen LogP contribution is -2.27. The molecule has 0 amide bonds. The van der Waals surface area contributed by atoms with E-state index >= 15 is 0 Å². The molecule has 0 unspecified atom stereocenters. The van der Waals surface area contributed by atoms with E-state index < -0.39 is 0 Å². The van der Waals surface area contributed by atoms with E-state index in [0.717, 1.165) is 23.6 Å². The quantitative estimate of drug-likeness (QED) is 0.871. The predicted molar refractivity (Wildman–Crippen MR) is 78.9 cm³/mol. The Kier molecular flexibility index (Phi) is 3.42. The molecule has 5 nitrogen and oxygen atoms in total. The van der Waals surface area contributed by atoms with Gasteiger partial charge in [-0.05, 0) is 40.8 Å². The normalized spacial score (nSPS) is 18.1. The van der Waals surface area contributed by atoms with Crippen molar-refractivity contribution in [2.24, 2.45) is 5.41 Å². The third-order valence-corrected chi connectivity index (χ3v) is 4.27. The lowest BCUT2D eigenvalue weighted by atomic mass is 9.76. The van der Waals surface area contributed by atoms with E-state index in [1.54, 1.807) is 0 Å². The van der Waals surface area contributed by atoms with Gasteiger partial charge in [0, 0.05) is 11.3 Å². The van der Waals surface area contributed by atoms with Gasteiger partial charge in [0.2, 0.25) is 0 Å². The van der Waals surface area contributed by atoms with E-state index in [1.165, 1.54) is 32.1 Å². The summed E-state index contributed by atoms with van der Waals surface area (Å²) in [6.45, 7) is 3.22. The summed E-state index contributed by atoms with van der Waals surface area (Å²) >= 11 is 0. The number of tetrazole rings is 1. The van der Waals surface area contributed by atoms with Gasteiger partial charge in [-0.2, -0.15) is 0 Å². The molecule has 0 saturated heterocycles. The van der Waals surface area contributed by atoms with Gasteiger partial charge in [0.1, 0.15) is 0 Å². The maximum absolute atomic E-state index is 5.85. The molecule has 1 aliphatic carbocycles. The van der Waals surface area contributed by atoms with E-state index in [9.17, 15) is 0 Å². The van der Waals surface area contributed by atoms with Crippen LogP contribution in [0, 0.1) is 5.41 Å². The summed E-state index contributed by atoms with van der Waals surface area (Å²) in [6, 6.07) is 7.74. The zero-order chi connectivity index (χ0) is 14.0. The van der Waals surface area contributed by atoms with E-state index in [1.807, 2.05) is 28.9 Å². The molecule has 1 aliphatic rings. The Morgan fingerprint density at radius 3 is 2.80 bits per heavy atom. The van der Waals surface area contributed by atoms with Crippen LogP contribution in [0.1, 0.15) is 39.0 Å². The SMILES string of the molecule is CC1(Cn2nnnc2-c2cccc(N)c2)CCCCC1. The lowest BCUT2D eigenvalue weighted by molar-refractivity contribution is 0.175. The van der Waals surface area contributed by atoms with Crippen LogP contribution in [-0.4, -0.2) is 20.2 Å². The summed E-state index contributed by atoms with van der Waals surface area (Å²) in [7, 11) is 0. The first-order chi connectivity index (χ1) is 9.66. The summed E-state index contributed by atoms with van der Waals surface area (Å²) in [5.41, 5.74) is 7.87. The minimum Gasteiger partial charge on any atom is -0.399 e. The van der Waals surface area contributed by atoms with Crippen molar-refractivity contribution in [1.29, 1.82) is 0 Å². The molecule has 1 aromatic carbocycles. The average Bonchev–Trinajstić information content (AvgIpc) is 2.87. The van der Waals surface area contributed by atoms with Crippen molar-refractivity contribution < 1.29 is 0 Å². The van der Waals surface area contributed by atoms with Crippen LogP contribution in [0.2, 0.25) is 0 Å². The molecule has 0 bridgehead atoms. The Morgan fingerprint density at radius 1 is 1.25 bits per heavy atom. The van der Waals surface area contributed by atoms with Crippen molar-refractivity contribution >= 4 is 5.69 Å². The lowest BCUT2D eigenvalue weighted by Gasteiger charge is -2.33. The highest BCUT2D eigenvalue weighted by Crippen LogP contribution is 2.37. The molecule has 2 N–H and O–H groups in total. The number of benzene rings is 1. The molecule has 0 spiro atoms. The van der Waals surface area contributed by atoms with Gasteiger partial charge < -0.3 is 5.73 Å². The highest BCUT2D eigenvalue weighted by molar-refractivity contribution is 5.60. The summed E-state index contributed by atoms with van der Waals surface area (Å²) in [5.74, 6) is 0.809. The summed E-state index contributed by atoms with van der Waals surface area (Å²) < 4.78 is 1.93. The molecule has 1 heterocycles. The molecule has 0 aliphatic heterocycles. The summed E-state index contributed by atoms with van der Waals surface area (Å²) in [5, 5.41) is 12.2.